The first kappa shape index (κ1) is 15.6. The van der Waals surface area contributed by atoms with Crippen molar-refractivity contribution in [2.75, 3.05) is 20.8 Å². The van der Waals surface area contributed by atoms with Crippen LogP contribution >= 0.6 is 0 Å². The zero-order valence-corrected chi connectivity index (χ0v) is 13.6. The molecule has 0 bridgehead atoms. The fourth-order valence-corrected chi connectivity index (χ4v) is 3.28. The molecule has 0 saturated heterocycles. The van der Waals surface area contributed by atoms with E-state index in [9.17, 15) is 15.0 Å². The summed E-state index contributed by atoms with van der Waals surface area (Å²) in [6.07, 6.45) is -0.945. The highest BCUT2D eigenvalue weighted by Gasteiger charge is 2.56. The predicted octanol–water partition coefficient (Wildman–Crippen LogP) is 1.63. The van der Waals surface area contributed by atoms with Crippen molar-refractivity contribution < 1.29 is 34.0 Å². The number of ketones is 1. The van der Waals surface area contributed by atoms with Gasteiger partial charge in [0.25, 0.3) is 0 Å². The van der Waals surface area contributed by atoms with E-state index in [0.29, 0.717) is 17.2 Å². The van der Waals surface area contributed by atoms with Gasteiger partial charge in [-0.2, -0.15) is 0 Å². The van der Waals surface area contributed by atoms with Crippen LogP contribution in [-0.4, -0.2) is 42.9 Å². The molecule has 0 saturated carbocycles. The molecule has 0 amide bonds. The smallest absolute Gasteiger partial charge is 0.206 e. The van der Waals surface area contributed by atoms with Gasteiger partial charge in [-0.25, -0.2) is 0 Å². The minimum atomic E-state index is -1.92. The Kier molecular flexibility index (Phi) is 3.30. The fourth-order valence-electron chi connectivity index (χ4n) is 3.28. The van der Waals surface area contributed by atoms with Crippen LogP contribution in [0.25, 0.3) is 0 Å². The third kappa shape index (κ3) is 2.05. The standard InChI is InChI=1S/C18H16O7/c1-22-14-6-11-13(7-15(14)23-2)24-8-16-18(11,21)17(20)10-4-3-9(19)5-12(10)25-16/h3-7,16,19,21H,8H2,1-2H3/t16-,18-/m1/s1. The molecule has 2 heterocycles. The number of carbonyl (C=O) groups excluding carboxylic acids is 1. The molecule has 2 aliphatic heterocycles. The number of methoxy groups -OCH3 is 2. The molecule has 130 valence electrons. The summed E-state index contributed by atoms with van der Waals surface area (Å²) in [6.45, 7) is -0.0280. The van der Waals surface area contributed by atoms with E-state index in [1.165, 1.54) is 38.5 Å². The lowest BCUT2D eigenvalue weighted by Crippen LogP contribution is -2.57. The van der Waals surface area contributed by atoms with Gasteiger partial charge in [0.1, 0.15) is 23.9 Å². The third-order valence-electron chi connectivity index (χ3n) is 4.58. The Bertz CT molecular complexity index is 876. The molecule has 4 rings (SSSR count). The number of phenolic OH excluding ortho intramolecular Hbond substituents is 1. The number of Topliss-reactive ketones (excluding diaryl/α,β-unsaturated/α-hetero) is 1. The van der Waals surface area contributed by atoms with Gasteiger partial charge in [0, 0.05) is 17.7 Å². The Balaban J connectivity index is 1.91. The molecule has 0 spiro atoms. The molecule has 0 unspecified atom stereocenters. The maximum atomic E-state index is 13.1. The number of rotatable bonds is 2. The number of ether oxygens (including phenoxy) is 4. The van der Waals surface area contributed by atoms with E-state index < -0.39 is 17.5 Å². The van der Waals surface area contributed by atoms with Gasteiger partial charge in [-0.1, -0.05) is 0 Å². The molecule has 25 heavy (non-hydrogen) atoms. The quantitative estimate of drug-likeness (QED) is 0.855. The molecule has 0 aromatic heterocycles. The first-order valence-corrected chi connectivity index (χ1v) is 7.65. The summed E-state index contributed by atoms with van der Waals surface area (Å²) in [7, 11) is 2.95. The minimum Gasteiger partial charge on any atom is -0.508 e. The van der Waals surface area contributed by atoms with Crippen molar-refractivity contribution in [2.24, 2.45) is 0 Å². The van der Waals surface area contributed by atoms with Gasteiger partial charge in [-0.15, -0.1) is 0 Å². The summed E-state index contributed by atoms with van der Waals surface area (Å²) in [6, 6.07) is 7.24. The molecular formula is C18H16O7. The molecule has 2 atom stereocenters. The van der Waals surface area contributed by atoms with Crippen LogP contribution in [0.5, 0.6) is 28.7 Å². The highest BCUT2D eigenvalue weighted by Crippen LogP contribution is 2.49. The lowest BCUT2D eigenvalue weighted by molar-refractivity contribution is -0.0800. The number of fused-ring (bicyclic) bond motifs is 4. The fraction of sp³-hybridized carbons (Fsp3) is 0.278. The van der Waals surface area contributed by atoms with Crippen molar-refractivity contribution in [2.45, 2.75) is 11.7 Å². The van der Waals surface area contributed by atoms with Gasteiger partial charge in [0.05, 0.1) is 19.8 Å². The Hall–Kier alpha value is -2.93. The van der Waals surface area contributed by atoms with Crippen molar-refractivity contribution >= 4 is 5.78 Å². The van der Waals surface area contributed by atoms with Gasteiger partial charge >= 0.3 is 0 Å². The zero-order valence-electron chi connectivity index (χ0n) is 13.6. The molecule has 2 aromatic rings. The third-order valence-corrected chi connectivity index (χ3v) is 4.58. The van der Waals surface area contributed by atoms with Crippen molar-refractivity contribution in [3.63, 3.8) is 0 Å². The lowest BCUT2D eigenvalue weighted by Gasteiger charge is -2.43. The summed E-state index contributed by atoms with van der Waals surface area (Å²) in [4.78, 5) is 13.1. The molecule has 0 radical (unpaired) electrons. The zero-order chi connectivity index (χ0) is 17.8. The van der Waals surface area contributed by atoms with Crippen molar-refractivity contribution in [1.29, 1.82) is 0 Å². The summed E-state index contributed by atoms with van der Waals surface area (Å²) < 4.78 is 21.9. The number of phenols is 1. The van der Waals surface area contributed by atoms with Crippen LogP contribution in [0.15, 0.2) is 30.3 Å². The molecular weight excluding hydrogens is 328 g/mol. The van der Waals surface area contributed by atoms with Gasteiger partial charge in [-0.05, 0) is 18.2 Å². The number of aliphatic hydroxyl groups is 1. The van der Waals surface area contributed by atoms with E-state index in [4.69, 9.17) is 18.9 Å². The highest BCUT2D eigenvalue weighted by molar-refractivity contribution is 6.07. The van der Waals surface area contributed by atoms with E-state index in [0.717, 1.165) is 0 Å². The van der Waals surface area contributed by atoms with Gasteiger partial charge in [0.2, 0.25) is 5.78 Å². The monoisotopic (exact) mass is 344 g/mol. The number of carbonyl (C=O) groups is 1. The topological polar surface area (TPSA) is 94.5 Å². The maximum Gasteiger partial charge on any atom is 0.206 e. The molecule has 7 heteroatoms. The molecule has 2 aromatic carbocycles. The number of hydrogen-bond acceptors (Lipinski definition) is 7. The SMILES string of the molecule is COc1cc2c(cc1OC)[C@]1(O)C(=O)c3ccc(O)cc3O[C@@H]1CO2. The van der Waals surface area contributed by atoms with Gasteiger partial charge in [-0.3, -0.25) is 4.79 Å². The summed E-state index contributed by atoms with van der Waals surface area (Å²) >= 11 is 0. The second-order valence-corrected chi connectivity index (χ2v) is 5.90. The lowest BCUT2D eigenvalue weighted by atomic mass is 9.77. The van der Waals surface area contributed by atoms with E-state index >= 15 is 0 Å². The number of hydrogen-bond donors (Lipinski definition) is 2. The van der Waals surface area contributed by atoms with Crippen molar-refractivity contribution in [1.82, 2.24) is 0 Å². The first-order chi connectivity index (χ1) is 12.0. The maximum absolute atomic E-state index is 13.1. The Morgan fingerprint density at radius 1 is 1.12 bits per heavy atom. The summed E-state index contributed by atoms with van der Waals surface area (Å²) in [5.74, 6) is 0.792. The van der Waals surface area contributed by atoms with Crippen molar-refractivity contribution in [3.05, 3.63) is 41.5 Å². The van der Waals surface area contributed by atoms with Crippen LogP contribution in [0, 0.1) is 0 Å². The predicted molar refractivity (Wildman–Crippen MR) is 85.8 cm³/mol. The Morgan fingerprint density at radius 3 is 2.56 bits per heavy atom. The molecule has 2 aliphatic rings. The summed E-state index contributed by atoms with van der Waals surface area (Å²) in [5, 5.41) is 20.9. The van der Waals surface area contributed by atoms with Crippen LogP contribution < -0.4 is 18.9 Å². The number of benzene rings is 2. The second-order valence-electron chi connectivity index (χ2n) is 5.90. The molecule has 0 fully saturated rings. The van der Waals surface area contributed by atoms with E-state index in [1.807, 2.05) is 0 Å². The van der Waals surface area contributed by atoms with Crippen LogP contribution in [0.2, 0.25) is 0 Å². The van der Waals surface area contributed by atoms with Gasteiger partial charge < -0.3 is 29.2 Å². The average Bonchev–Trinajstić information content (AvgIpc) is 2.62. The second kappa shape index (κ2) is 5.29. The summed E-state index contributed by atoms with van der Waals surface area (Å²) in [5.41, 5.74) is -1.47. The Morgan fingerprint density at radius 2 is 1.84 bits per heavy atom. The van der Waals surface area contributed by atoms with Crippen LogP contribution in [0.4, 0.5) is 0 Å². The van der Waals surface area contributed by atoms with E-state index in [2.05, 4.69) is 0 Å². The first-order valence-electron chi connectivity index (χ1n) is 7.65. The van der Waals surface area contributed by atoms with Crippen LogP contribution in [0.3, 0.4) is 0 Å². The van der Waals surface area contributed by atoms with Crippen LogP contribution in [0.1, 0.15) is 15.9 Å². The van der Waals surface area contributed by atoms with E-state index in [1.54, 1.807) is 6.07 Å². The van der Waals surface area contributed by atoms with Crippen molar-refractivity contribution in [3.8, 4) is 28.7 Å². The average molecular weight is 344 g/mol. The van der Waals surface area contributed by atoms with Gasteiger partial charge in [0.15, 0.2) is 23.2 Å². The normalized spacial score (nSPS) is 23.5. The molecule has 2 N–H and O–H groups in total. The largest absolute Gasteiger partial charge is 0.508 e. The Labute approximate surface area is 143 Å². The number of aromatic hydroxyl groups is 1. The minimum absolute atomic E-state index is 0.0273. The van der Waals surface area contributed by atoms with Crippen LogP contribution in [-0.2, 0) is 5.60 Å². The van der Waals surface area contributed by atoms with E-state index in [-0.39, 0.29) is 29.2 Å². The highest BCUT2D eigenvalue weighted by atomic mass is 16.6. The molecule has 7 nitrogen and oxygen atoms in total. The molecule has 0 aliphatic carbocycles.